The zero-order valence-electron chi connectivity index (χ0n) is 16.4. The van der Waals surface area contributed by atoms with E-state index in [4.69, 9.17) is 0 Å². The molecule has 2 aromatic carbocycles. The maximum atomic E-state index is 13.2. The fraction of sp³-hybridized carbons (Fsp3) is 0.250. The number of fused-ring (bicyclic) bond motifs is 1. The van der Waals surface area contributed by atoms with Crippen LogP contribution >= 0.6 is 0 Å². The number of nitrogens with zero attached hydrogens (tertiary/aromatic N) is 2. The Hall–Kier alpha value is -3.14. The first-order chi connectivity index (χ1) is 13.7. The molecule has 3 aromatic rings. The van der Waals surface area contributed by atoms with Crippen LogP contribution in [0.25, 0.3) is 11.1 Å². The molecule has 0 bridgehead atoms. The van der Waals surface area contributed by atoms with Crippen molar-refractivity contribution >= 4 is 11.7 Å². The standard InChI is InChI=1S/C24H25N3O/c1-25-23-14-13-20(16-26-23)18-9-5-10-19(15-18)24(28)27(2)22-12-6-8-17-7-3-4-11-21(17)22/h3-5,7,9-11,13-16,22H,6,8,12H2,1-2H3,(H,25,26)/t22-/m1/s1. The lowest BCUT2D eigenvalue weighted by molar-refractivity contribution is 0.0715. The monoisotopic (exact) mass is 371 g/mol. The zero-order valence-corrected chi connectivity index (χ0v) is 16.4. The summed E-state index contributed by atoms with van der Waals surface area (Å²) in [6, 6.07) is 20.4. The van der Waals surface area contributed by atoms with Crippen LogP contribution in [0.5, 0.6) is 0 Å². The molecule has 1 N–H and O–H groups in total. The highest BCUT2D eigenvalue weighted by atomic mass is 16.2. The van der Waals surface area contributed by atoms with E-state index in [0.717, 1.165) is 36.2 Å². The zero-order chi connectivity index (χ0) is 19.5. The number of hydrogen-bond acceptors (Lipinski definition) is 3. The third-order valence-electron chi connectivity index (χ3n) is 5.59. The SMILES string of the molecule is CNc1ccc(-c2cccc(C(=O)N(C)[C@@H]3CCCc4ccccc43)c2)cn1. The topological polar surface area (TPSA) is 45.2 Å². The maximum Gasteiger partial charge on any atom is 0.254 e. The Morgan fingerprint density at radius 1 is 1.07 bits per heavy atom. The Morgan fingerprint density at radius 2 is 1.93 bits per heavy atom. The lowest BCUT2D eigenvalue weighted by atomic mass is 9.86. The third kappa shape index (κ3) is 3.50. The lowest BCUT2D eigenvalue weighted by Gasteiger charge is -2.33. The summed E-state index contributed by atoms with van der Waals surface area (Å²) >= 11 is 0. The number of benzene rings is 2. The van der Waals surface area contributed by atoms with Crippen molar-refractivity contribution < 1.29 is 4.79 Å². The van der Waals surface area contributed by atoms with E-state index < -0.39 is 0 Å². The number of rotatable bonds is 4. The number of nitrogens with one attached hydrogen (secondary N) is 1. The van der Waals surface area contributed by atoms with E-state index in [1.54, 1.807) is 0 Å². The predicted molar refractivity (Wildman–Crippen MR) is 113 cm³/mol. The molecule has 0 unspecified atom stereocenters. The first-order valence-electron chi connectivity index (χ1n) is 9.76. The van der Waals surface area contributed by atoms with Crippen LogP contribution in [-0.2, 0) is 6.42 Å². The number of anilines is 1. The van der Waals surface area contributed by atoms with Crippen LogP contribution in [0.1, 0.15) is 40.4 Å². The number of carbonyl (C=O) groups excluding carboxylic acids is 1. The van der Waals surface area contributed by atoms with Crippen molar-refractivity contribution in [2.45, 2.75) is 25.3 Å². The van der Waals surface area contributed by atoms with E-state index in [0.29, 0.717) is 5.56 Å². The summed E-state index contributed by atoms with van der Waals surface area (Å²) < 4.78 is 0. The van der Waals surface area contributed by atoms with Crippen molar-refractivity contribution in [1.29, 1.82) is 0 Å². The van der Waals surface area contributed by atoms with Gasteiger partial charge in [-0.3, -0.25) is 4.79 Å². The molecule has 1 aromatic heterocycles. The fourth-order valence-corrected chi connectivity index (χ4v) is 4.02. The summed E-state index contributed by atoms with van der Waals surface area (Å²) in [6.45, 7) is 0. The highest BCUT2D eigenvalue weighted by Gasteiger charge is 2.27. The molecule has 1 aliphatic rings. The molecule has 0 radical (unpaired) electrons. The summed E-state index contributed by atoms with van der Waals surface area (Å²) in [7, 11) is 3.77. The molecule has 1 atom stereocenters. The molecule has 1 heterocycles. The second-order valence-electron chi connectivity index (χ2n) is 7.29. The van der Waals surface area contributed by atoms with E-state index in [9.17, 15) is 4.79 Å². The average Bonchev–Trinajstić information content (AvgIpc) is 2.78. The van der Waals surface area contributed by atoms with E-state index in [-0.39, 0.29) is 11.9 Å². The molecule has 0 saturated heterocycles. The van der Waals surface area contributed by atoms with E-state index in [2.05, 4.69) is 34.6 Å². The minimum Gasteiger partial charge on any atom is -0.373 e. The number of carbonyl (C=O) groups is 1. The van der Waals surface area contributed by atoms with E-state index in [1.165, 1.54) is 11.1 Å². The highest BCUT2D eigenvalue weighted by Crippen LogP contribution is 2.34. The van der Waals surface area contributed by atoms with Crippen molar-refractivity contribution in [2.24, 2.45) is 0 Å². The first-order valence-corrected chi connectivity index (χ1v) is 9.76. The van der Waals surface area contributed by atoms with Gasteiger partial charge in [-0.25, -0.2) is 4.98 Å². The third-order valence-corrected chi connectivity index (χ3v) is 5.59. The summed E-state index contributed by atoms with van der Waals surface area (Å²) in [5.74, 6) is 0.884. The van der Waals surface area contributed by atoms with Gasteiger partial charge in [0.1, 0.15) is 5.82 Å². The average molecular weight is 371 g/mol. The van der Waals surface area contributed by atoms with Crippen LogP contribution in [0.2, 0.25) is 0 Å². The van der Waals surface area contributed by atoms with Gasteiger partial charge in [0.2, 0.25) is 0 Å². The van der Waals surface area contributed by atoms with Crippen LogP contribution < -0.4 is 5.32 Å². The Bertz CT molecular complexity index is 981. The molecule has 4 nitrogen and oxygen atoms in total. The van der Waals surface area contributed by atoms with Gasteiger partial charge in [0.05, 0.1) is 6.04 Å². The molecule has 0 aliphatic heterocycles. The van der Waals surface area contributed by atoms with Crippen LogP contribution in [0.15, 0.2) is 66.9 Å². The van der Waals surface area contributed by atoms with Gasteiger partial charge in [-0.1, -0.05) is 36.4 Å². The molecule has 4 heteroatoms. The van der Waals surface area contributed by atoms with Crippen molar-refractivity contribution in [3.8, 4) is 11.1 Å². The Morgan fingerprint density at radius 3 is 2.71 bits per heavy atom. The van der Waals surface area contributed by atoms with Crippen molar-refractivity contribution in [3.05, 3.63) is 83.6 Å². The molecule has 28 heavy (non-hydrogen) atoms. The van der Waals surface area contributed by atoms with Crippen molar-refractivity contribution in [2.75, 3.05) is 19.4 Å². The number of pyridine rings is 1. The summed E-state index contributed by atoms with van der Waals surface area (Å²) in [4.78, 5) is 19.5. The van der Waals surface area contributed by atoms with Gasteiger partial charge in [0.15, 0.2) is 0 Å². The molecule has 4 rings (SSSR count). The maximum absolute atomic E-state index is 13.2. The van der Waals surface area contributed by atoms with Gasteiger partial charge in [-0.05, 0) is 60.2 Å². The molecule has 0 saturated carbocycles. The number of amides is 1. The van der Waals surface area contributed by atoms with Gasteiger partial charge >= 0.3 is 0 Å². The Balaban J connectivity index is 1.60. The molecule has 1 amide bonds. The van der Waals surface area contributed by atoms with Gasteiger partial charge in [0.25, 0.3) is 5.91 Å². The van der Waals surface area contributed by atoms with E-state index >= 15 is 0 Å². The fourth-order valence-electron chi connectivity index (χ4n) is 4.02. The van der Waals surface area contributed by atoms with Crippen LogP contribution in [0.4, 0.5) is 5.82 Å². The smallest absolute Gasteiger partial charge is 0.254 e. The van der Waals surface area contributed by atoms with Crippen LogP contribution in [0.3, 0.4) is 0 Å². The molecule has 1 aliphatic carbocycles. The molecular weight excluding hydrogens is 346 g/mol. The van der Waals surface area contributed by atoms with Crippen molar-refractivity contribution in [3.63, 3.8) is 0 Å². The number of hydrogen-bond donors (Lipinski definition) is 1. The van der Waals surface area contributed by atoms with E-state index in [1.807, 2.05) is 61.6 Å². The minimum absolute atomic E-state index is 0.0587. The van der Waals surface area contributed by atoms with Gasteiger partial charge in [-0.2, -0.15) is 0 Å². The number of aryl methyl sites for hydroxylation is 1. The summed E-state index contributed by atoms with van der Waals surface area (Å²) in [5.41, 5.74) is 5.36. The Kier molecular flexibility index (Phi) is 5.11. The summed E-state index contributed by atoms with van der Waals surface area (Å²) in [6.07, 6.45) is 5.05. The second kappa shape index (κ2) is 7.85. The molecular formula is C24H25N3O. The lowest BCUT2D eigenvalue weighted by Crippen LogP contribution is -2.33. The molecule has 142 valence electrons. The predicted octanol–water partition coefficient (Wildman–Crippen LogP) is 4.94. The van der Waals surface area contributed by atoms with Crippen LogP contribution in [-0.4, -0.2) is 29.9 Å². The van der Waals surface area contributed by atoms with Crippen molar-refractivity contribution in [1.82, 2.24) is 9.88 Å². The number of aromatic nitrogens is 1. The second-order valence-corrected chi connectivity index (χ2v) is 7.29. The first kappa shape index (κ1) is 18.2. The van der Waals surface area contributed by atoms with Crippen LogP contribution in [0, 0.1) is 0 Å². The molecule has 0 spiro atoms. The largest absolute Gasteiger partial charge is 0.373 e. The molecule has 0 fully saturated rings. The normalized spacial score (nSPS) is 15.6. The van der Waals surface area contributed by atoms with Gasteiger partial charge in [0, 0.05) is 31.4 Å². The Labute approximate surface area is 166 Å². The quantitative estimate of drug-likeness (QED) is 0.706. The minimum atomic E-state index is 0.0587. The summed E-state index contributed by atoms with van der Waals surface area (Å²) in [5, 5.41) is 3.02. The van der Waals surface area contributed by atoms with Gasteiger partial charge in [-0.15, -0.1) is 0 Å². The van der Waals surface area contributed by atoms with Gasteiger partial charge < -0.3 is 10.2 Å². The highest BCUT2D eigenvalue weighted by molar-refractivity contribution is 5.95.